The first kappa shape index (κ1) is 17.8. The zero-order valence-corrected chi connectivity index (χ0v) is 17.2. The summed E-state index contributed by atoms with van der Waals surface area (Å²) in [7, 11) is 1.95. The molecular formula is C20H16BrN5S. The summed E-state index contributed by atoms with van der Waals surface area (Å²) in [6.07, 6.45) is 0. The van der Waals surface area contributed by atoms with Gasteiger partial charge in [-0.15, -0.1) is 10.2 Å². The second kappa shape index (κ2) is 7.54. The molecule has 0 radical (unpaired) electrons. The van der Waals surface area contributed by atoms with Crippen LogP contribution in [0.25, 0.3) is 21.8 Å². The first-order chi connectivity index (χ1) is 13.1. The minimum Gasteiger partial charge on any atom is -0.304 e. The van der Waals surface area contributed by atoms with Crippen LogP contribution in [-0.2, 0) is 0 Å². The van der Waals surface area contributed by atoms with Gasteiger partial charge in [0.15, 0.2) is 0 Å². The lowest BCUT2D eigenvalue weighted by atomic mass is 10.1. The van der Waals surface area contributed by atoms with Crippen LogP contribution in [0.4, 0.5) is 10.9 Å². The van der Waals surface area contributed by atoms with E-state index in [4.69, 9.17) is 0 Å². The van der Waals surface area contributed by atoms with E-state index in [1.165, 1.54) is 11.3 Å². The van der Waals surface area contributed by atoms with E-state index in [9.17, 15) is 0 Å². The molecule has 0 spiro atoms. The van der Waals surface area contributed by atoms with Crippen molar-refractivity contribution in [2.75, 3.05) is 11.9 Å². The number of hydrogen-bond donors (Lipinski definition) is 0. The second-order valence-corrected chi connectivity index (χ2v) is 7.85. The molecule has 0 aliphatic heterocycles. The predicted octanol–water partition coefficient (Wildman–Crippen LogP) is 5.50. The molecule has 0 aliphatic rings. The van der Waals surface area contributed by atoms with E-state index in [-0.39, 0.29) is 0 Å². The molecule has 0 saturated heterocycles. The smallest absolute Gasteiger partial charge is 0.213 e. The Morgan fingerprint density at radius 1 is 0.889 bits per heavy atom. The summed E-state index contributed by atoms with van der Waals surface area (Å²) in [5.74, 6) is 1.51. The molecule has 0 N–H and O–H groups in total. The van der Waals surface area contributed by atoms with Crippen molar-refractivity contribution in [2.24, 2.45) is 0 Å². The average Bonchev–Trinajstić information content (AvgIpc) is 3.18. The normalized spacial score (nSPS) is 10.8. The standard InChI is InChI=1S/C20H16BrN5S/c1-13-22-17(14-6-4-3-5-7-14)12-18(23-13)26(2)20-25-24-19(27-20)15-8-10-16(21)11-9-15/h3-12H,1-2H3. The number of halogens is 1. The van der Waals surface area contributed by atoms with Crippen molar-refractivity contribution in [3.05, 3.63) is 71.0 Å². The Morgan fingerprint density at radius 2 is 1.63 bits per heavy atom. The van der Waals surface area contributed by atoms with Crippen LogP contribution in [0, 0.1) is 6.92 Å². The van der Waals surface area contributed by atoms with E-state index in [1.807, 2.05) is 79.5 Å². The van der Waals surface area contributed by atoms with Gasteiger partial charge in [0.2, 0.25) is 5.13 Å². The molecule has 2 aromatic heterocycles. The molecular weight excluding hydrogens is 422 g/mol. The van der Waals surface area contributed by atoms with Gasteiger partial charge in [0.05, 0.1) is 5.69 Å². The van der Waals surface area contributed by atoms with Crippen LogP contribution in [0.5, 0.6) is 0 Å². The Hall–Kier alpha value is -2.64. The fourth-order valence-electron chi connectivity index (χ4n) is 2.64. The summed E-state index contributed by atoms with van der Waals surface area (Å²) in [5, 5.41) is 10.3. The summed E-state index contributed by atoms with van der Waals surface area (Å²) in [6, 6.07) is 20.1. The van der Waals surface area contributed by atoms with Gasteiger partial charge >= 0.3 is 0 Å². The summed E-state index contributed by atoms with van der Waals surface area (Å²) in [4.78, 5) is 11.1. The molecule has 7 heteroatoms. The Morgan fingerprint density at radius 3 is 2.37 bits per heavy atom. The Labute approximate surface area is 169 Å². The highest BCUT2D eigenvalue weighted by Gasteiger charge is 2.15. The molecule has 0 saturated carbocycles. The van der Waals surface area contributed by atoms with Gasteiger partial charge in [-0.3, -0.25) is 0 Å². The van der Waals surface area contributed by atoms with Crippen LogP contribution < -0.4 is 4.90 Å². The minimum absolute atomic E-state index is 0.718. The quantitative estimate of drug-likeness (QED) is 0.421. The number of benzene rings is 2. The maximum absolute atomic E-state index is 4.58. The Balaban J connectivity index is 1.66. The van der Waals surface area contributed by atoms with Gasteiger partial charge in [0.25, 0.3) is 0 Å². The van der Waals surface area contributed by atoms with Gasteiger partial charge in [0.1, 0.15) is 16.6 Å². The third-order valence-electron chi connectivity index (χ3n) is 4.03. The summed E-state index contributed by atoms with van der Waals surface area (Å²) in [6.45, 7) is 1.90. The lowest BCUT2D eigenvalue weighted by molar-refractivity contribution is 0.989. The van der Waals surface area contributed by atoms with Crippen molar-refractivity contribution in [1.29, 1.82) is 0 Å². The lowest BCUT2D eigenvalue weighted by Crippen LogP contribution is -2.12. The maximum atomic E-state index is 4.58. The van der Waals surface area contributed by atoms with Crippen molar-refractivity contribution in [3.63, 3.8) is 0 Å². The second-order valence-electron chi connectivity index (χ2n) is 5.98. The van der Waals surface area contributed by atoms with E-state index in [1.54, 1.807) is 0 Å². The van der Waals surface area contributed by atoms with Crippen molar-refractivity contribution in [2.45, 2.75) is 6.92 Å². The van der Waals surface area contributed by atoms with Gasteiger partial charge in [-0.05, 0) is 19.1 Å². The van der Waals surface area contributed by atoms with E-state index in [0.717, 1.165) is 43.1 Å². The highest BCUT2D eigenvalue weighted by atomic mass is 79.9. The zero-order valence-electron chi connectivity index (χ0n) is 14.8. The van der Waals surface area contributed by atoms with Crippen molar-refractivity contribution in [1.82, 2.24) is 20.2 Å². The fraction of sp³-hybridized carbons (Fsp3) is 0.100. The lowest BCUT2D eigenvalue weighted by Gasteiger charge is -2.15. The molecule has 4 aromatic rings. The molecule has 27 heavy (non-hydrogen) atoms. The van der Waals surface area contributed by atoms with Crippen molar-refractivity contribution >= 4 is 38.2 Å². The van der Waals surface area contributed by atoms with E-state index in [2.05, 4.69) is 36.1 Å². The molecule has 2 aromatic carbocycles. The van der Waals surface area contributed by atoms with Crippen molar-refractivity contribution < 1.29 is 0 Å². The predicted molar refractivity (Wildman–Crippen MR) is 113 cm³/mol. The van der Waals surface area contributed by atoms with E-state index in [0.29, 0.717) is 0 Å². The topological polar surface area (TPSA) is 54.8 Å². The van der Waals surface area contributed by atoms with Crippen LogP contribution in [0.2, 0.25) is 0 Å². The van der Waals surface area contributed by atoms with Gasteiger partial charge in [-0.25, -0.2) is 9.97 Å². The van der Waals surface area contributed by atoms with Crippen LogP contribution >= 0.6 is 27.3 Å². The third-order valence-corrected chi connectivity index (χ3v) is 5.61. The molecule has 134 valence electrons. The molecule has 0 aliphatic carbocycles. The Bertz CT molecular complexity index is 1060. The van der Waals surface area contributed by atoms with Gasteiger partial charge in [0, 0.05) is 28.7 Å². The Kier molecular flexibility index (Phi) is 4.96. The van der Waals surface area contributed by atoms with Gasteiger partial charge in [-0.2, -0.15) is 0 Å². The summed E-state index contributed by atoms with van der Waals surface area (Å²) in [5.41, 5.74) is 2.99. The number of hydrogen-bond acceptors (Lipinski definition) is 6. The molecule has 0 unspecified atom stereocenters. The van der Waals surface area contributed by atoms with Crippen LogP contribution in [0.1, 0.15) is 5.82 Å². The highest BCUT2D eigenvalue weighted by Crippen LogP contribution is 2.32. The molecule has 0 fully saturated rings. The third kappa shape index (κ3) is 3.89. The van der Waals surface area contributed by atoms with Crippen LogP contribution in [0.3, 0.4) is 0 Å². The molecule has 0 amide bonds. The largest absolute Gasteiger partial charge is 0.304 e. The minimum atomic E-state index is 0.718. The van der Waals surface area contributed by atoms with Crippen LogP contribution in [0.15, 0.2) is 65.1 Å². The molecule has 0 atom stereocenters. The molecule has 5 nitrogen and oxygen atoms in total. The van der Waals surface area contributed by atoms with E-state index >= 15 is 0 Å². The molecule has 0 bridgehead atoms. The average molecular weight is 438 g/mol. The molecule has 2 heterocycles. The first-order valence-corrected chi connectivity index (χ1v) is 9.95. The monoisotopic (exact) mass is 437 g/mol. The maximum Gasteiger partial charge on any atom is 0.213 e. The van der Waals surface area contributed by atoms with Gasteiger partial charge < -0.3 is 4.90 Å². The zero-order chi connectivity index (χ0) is 18.8. The molecule has 4 rings (SSSR count). The van der Waals surface area contributed by atoms with Crippen molar-refractivity contribution in [3.8, 4) is 21.8 Å². The number of anilines is 2. The number of nitrogens with zero attached hydrogens (tertiary/aromatic N) is 5. The first-order valence-electron chi connectivity index (χ1n) is 8.34. The van der Waals surface area contributed by atoms with E-state index < -0.39 is 0 Å². The SMILES string of the molecule is Cc1nc(-c2ccccc2)cc(N(C)c2nnc(-c3ccc(Br)cc3)s2)n1. The van der Waals surface area contributed by atoms with Crippen LogP contribution in [-0.4, -0.2) is 27.2 Å². The van der Waals surface area contributed by atoms with Gasteiger partial charge in [-0.1, -0.05) is 69.7 Å². The summed E-state index contributed by atoms with van der Waals surface area (Å²) >= 11 is 4.98. The highest BCUT2D eigenvalue weighted by molar-refractivity contribution is 9.10. The number of aromatic nitrogens is 4. The number of rotatable bonds is 4. The summed E-state index contributed by atoms with van der Waals surface area (Å²) < 4.78 is 1.04. The fourth-order valence-corrected chi connectivity index (χ4v) is 3.72. The number of aryl methyl sites for hydroxylation is 1.